The van der Waals surface area contributed by atoms with Crippen LogP contribution in [-0.4, -0.2) is 70.2 Å². The van der Waals surface area contributed by atoms with Gasteiger partial charge in [0.1, 0.15) is 18.1 Å². The zero-order chi connectivity index (χ0) is 30.2. The van der Waals surface area contributed by atoms with Gasteiger partial charge in [0.25, 0.3) is 5.95 Å². The van der Waals surface area contributed by atoms with Crippen LogP contribution in [0.5, 0.6) is 11.5 Å². The summed E-state index contributed by atoms with van der Waals surface area (Å²) >= 11 is 6.34. The quantitative estimate of drug-likeness (QED) is 0.0608. The highest BCUT2D eigenvalue weighted by Crippen LogP contribution is 2.36. The number of unbranched alkanes of at least 4 members (excludes halogenated alkanes) is 3. The van der Waals surface area contributed by atoms with Crippen LogP contribution >= 0.6 is 11.6 Å². The van der Waals surface area contributed by atoms with Crippen LogP contribution in [0.1, 0.15) is 48.8 Å². The van der Waals surface area contributed by atoms with E-state index in [0.29, 0.717) is 30.8 Å². The van der Waals surface area contributed by atoms with E-state index in [1.807, 2.05) is 44.4 Å². The monoisotopic (exact) mass is 590 g/mol. The molecule has 3 aromatic carbocycles. The fraction of sp³-hybridized carbons (Fsp3) is 0.389. The molecule has 0 saturated carbocycles. The van der Waals surface area contributed by atoms with Crippen molar-refractivity contribution in [3.8, 4) is 11.5 Å². The molecule has 0 spiro atoms. The third-order valence-corrected chi connectivity index (χ3v) is 7.05. The van der Waals surface area contributed by atoms with Gasteiger partial charge in [-0.05, 0) is 113 Å². The zero-order valence-corrected chi connectivity index (χ0v) is 26.5. The standard InChI is InChI=1S/C36H47ClN2O3/c1-29(40-27-12-7-6-11-25-38(2)3)42-34-21-17-32(18-22-34)36(35(23-24-37)30-13-9-8-10-14-30)31-15-19-33(20-16-31)41-28-26-39(4)5/h8-10,13-22H,1,6-7,11-12,23-28H2,2-5H3/b36-35+. The minimum atomic E-state index is 0.323. The lowest BCUT2D eigenvalue weighted by atomic mass is 9.88. The molecule has 0 aromatic heterocycles. The number of halogens is 1. The van der Waals surface area contributed by atoms with Crippen LogP contribution in [0.2, 0.25) is 0 Å². The van der Waals surface area contributed by atoms with E-state index < -0.39 is 0 Å². The summed E-state index contributed by atoms with van der Waals surface area (Å²) in [4.78, 5) is 4.33. The van der Waals surface area contributed by atoms with Crippen molar-refractivity contribution in [2.45, 2.75) is 32.1 Å². The first-order chi connectivity index (χ1) is 20.4. The minimum Gasteiger partial charge on any atom is -0.492 e. The number of ether oxygens (including phenoxy) is 3. The topological polar surface area (TPSA) is 34.2 Å². The van der Waals surface area contributed by atoms with E-state index in [-0.39, 0.29) is 0 Å². The Kier molecular flexibility index (Phi) is 14.5. The van der Waals surface area contributed by atoms with Crippen molar-refractivity contribution in [2.24, 2.45) is 0 Å². The molecular formula is C36H47ClN2O3. The second kappa shape index (κ2) is 18.3. The number of likely N-dealkylation sites (N-methyl/N-ethyl adjacent to an activating group) is 1. The molecule has 0 fully saturated rings. The summed E-state index contributed by atoms with van der Waals surface area (Å²) < 4.78 is 17.6. The lowest BCUT2D eigenvalue weighted by Crippen LogP contribution is -2.19. The Morgan fingerprint density at radius 2 is 1.26 bits per heavy atom. The van der Waals surface area contributed by atoms with Gasteiger partial charge in [-0.15, -0.1) is 11.6 Å². The number of nitrogens with zero attached hydrogens (tertiary/aromatic N) is 2. The van der Waals surface area contributed by atoms with E-state index in [2.05, 4.69) is 79.0 Å². The molecule has 0 N–H and O–H groups in total. The molecule has 0 aliphatic rings. The SMILES string of the molecule is C=C(OCCCCCCN(C)C)Oc1ccc(/C(=C(\CCCl)c2ccccc2)c2ccc(OCCN(C)C)cc2)cc1. The first kappa shape index (κ1) is 33.3. The van der Waals surface area contributed by atoms with Gasteiger partial charge < -0.3 is 24.0 Å². The van der Waals surface area contributed by atoms with Gasteiger partial charge in [-0.3, -0.25) is 0 Å². The van der Waals surface area contributed by atoms with Crippen LogP contribution in [0.3, 0.4) is 0 Å². The number of rotatable bonds is 19. The zero-order valence-electron chi connectivity index (χ0n) is 25.8. The molecule has 6 heteroatoms. The van der Waals surface area contributed by atoms with Gasteiger partial charge in [-0.1, -0.05) is 67.4 Å². The molecule has 3 rings (SSSR count). The van der Waals surface area contributed by atoms with Crippen molar-refractivity contribution in [2.75, 3.05) is 60.4 Å². The van der Waals surface area contributed by atoms with E-state index in [0.717, 1.165) is 60.4 Å². The molecule has 42 heavy (non-hydrogen) atoms. The first-order valence-electron chi connectivity index (χ1n) is 14.8. The maximum Gasteiger partial charge on any atom is 0.277 e. The highest BCUT2D eigenvalue weighted by molar-refractivity contribution is 6.18. The number of hydrogen-bond acceptors (Lipinski definition) is 5. The van der Waals surface area contributed by atoms with Crippen LogP contribution in [0.25, 0.3) is 11.1 Å². The van der Waals surface area contributed by atoms with Crippen LogP contribution in [0, 0.1) is 0 Å². The Labute approximate surface area is 258 Å². The molecule has 0 radical (unpaired) electrons. The van der Waals surface area contributed by atoms with Crippen molar-refractivity contribution in [3.63, 3.8) is 0 Å². The van der Waals surface area contributed by atoms with E-state index in [9.17, 15) is 0 Å². The minimum absolute atomic E-state index is 0.323. The van der Waals surface area contributed by atoms with Crippen molar-refractivity contribution in [1.29, 1.82) is 0 Å². The summed E-state index contributed by atoms with van der Waals surface area (Å²) in [6.07, 6.45) is 5.28. The number of hydrogen-bond donors (Lipinski definition) is 0. The average molecular weight is 591 g/mol. The lowest BCUT2D eigenvalue weighted by molar-refractivity contribution is 0.105. The third kappa shape index (κ3) is 11.6. The fourth-order valence-electron chi connectivity index (χ4n) is 4.65. The second-order valence-electron chi connectivity index (χ2n) is 10.9. The van der Waals surface area contributed by atoms with Gasteiger partial charge in [0.2, 0.25) is 0 Å². The van der Waals surface area contributed by atoms with E-state index in [1.54, 1.807) is 0 Å². The Morgan fingerprint density at radius 3 is 1.86 bits per heavy atom. The summed E-state index contributed by atoms with van der Waals surface area (Å²) in [5.74, 6) is 2.39. The van der Waals surface area contributed by atoms with Gasteiger partial charge >= 0.3 is 0 Å². The second-order valence-corrected chi connectivity index (χ2v) is 11.3. The smallest absolute Gasteiger partial charge is 0.277 e. The maximum absolute atomic E-state index is 6.34. The maximum atomic E-state index is 6.34. The summed E-state index contributed by atoms with van der Waals surface area (Å²) in [7, 11) is 8.30. The van der Waals surface area contributed by atoms with Gasteiger partial charge in [-0.2, -0.15) is 0 Å². The van der Waals surface area contributed by atoms with Gasteiger partial charge in [0.15, 0.2) is 0 Å². The molecule has 0 atom stereocenters. The molecule has 0 aliphatic carbocycles. The third-order valence-electron chi connectivity index (χ3n) is 6.86. The molecule has 0 heterocycles. The van der Waals surface area contributed by atoms with Crippen molar-refractivity contribution >= 4 is 22.7 Å². The summed E-state index contributed by atoms with van der Waals surface area (Å²) in [6.45, 7) is 7.20. The fourth-order valence-corrected chi connectivity index (χ4v) is 4.84. The molecular weight excluding hydrogens is 544 g/mol. The highest BCUT2D eigenvalue weighted by Gasteiger charge is 2.15. The predicted octanol–water partition coefficient (Wildman–Crippen LogP) is 8.20. The average Bonchev–Trinajstić information content (AvgIpc) is 2.98. The Morgan fingerprint density at radius 1 is 0.667 bits per heavy atom. The van der Waals surface area contributed by atoms with Crippen molar-refractivity contribution in [1.82, 2.24) is 9.80 Å². The summed E-state index contributed by atoms with van der Waals surface area (Å²) in [5, 5.41) is 0. The normalized spacial score (nSPS) is 11.9. The first-order valence-corrected chi connectivity index (χ1v) is 15.4. The van der Waals surface area contributed by atoms with Crippen LogP contribution in [0.4, 0.5) is 0 Å². The largest absolute Gasteiger partial charge is 0.492 e. The molecule has 0 saturated heterocycles. The van der Waals surface area contributed by atoms with Gasteiger partial charge in [0, 0.05) is 12.4 Å². The molecule has 226 valence electrons. The van der Waals surface area contributed by atoms with E-state index in [1.165, 1.54) is 18.4 Å². The molecule has 5 nitrogen and oxygen atoms in total. The lowest BCUT2D eigenvalue weighted by Gasteiger charge is -2.18. The molecule has 0 aliphatic heterocycles. The van der Waals surface area contributed by atoms with Crippen LogP contribution in [0.15, 0.2) is 91.4 Å². The molecule has 3 aromatic rings. The van der Waals surface area contributed by atoms with Crippen molar-refractivity contribution in [3.05, 3.63) is 108 Å². The van der Waals surface area contributed by atoms with Gasteiger partial charge in [0.05, 0.1) is 6.61 Å². The van der Waals surface area contributed by atoms with Crippen LogP contribution in [-0.2, 0) is 4.74 Å². The molecule has 0 unspecified atom stereocenters. The van der Waals surface area contributed by atoms with Crippen molar-refractivity contribution < 1.29 is 14.2 Å². The summed E-state index contributed by atoms with van der Waals surface area (Å²) in [5.41, 5.74) is 5.67. The van der Waals surface area contributed by atoms with E-state index >= 15 is 0 Å². The van der Waals surface area contributed by atoms with Gasteiger partial charge in [-0.25, -0.2) is 0 Å². The predicted molar refractivity (Wildman–Crippen MR) is 177 cm³/mol. The Hall–Kier alpha value is -3.25. The van der Waals surface area contributed by atoms with Crippen LogP contribution < -0.4 is 9.47 Å². The Balaban J connectivity index is 1.75. The number of alkyl halides is 1. The van der Waals surface area contributed by atoms with E-state index in [4.69, 9.17) is 25.8 Å². The number of benzene rings is 3. The molecule has 0 bridgehead atoms. The summed E-state index contributed by atoms with van der Waals surface area (Å²) in [6, 6.07) is 26.9. The highest BCUT2D eigenvalue weighted by atomic mass is 35.5. The molecule has 0 amide bonds. The Bertz CT molecular complexity index is 1220. The number of allylic oxidation sites excluding steroid dienone is 1.